The summed E-state index contributed by atoms with van der Waals surface area (Å²) in [5.41, 5.74) is 0.339. The molecule has 0 spiro atoms. The van der Waals surface area contributed by atoms with Gasteiger partial charge in [0.15, 0.2) is 5.69 Å². The predicted molar refractivity (Wildman–Crippen MR) is 59.6 cm³/mol. The van der Waals surface area contributed by atoms with E-state index < -0.39 is 0 Å². The zero-order chi connectivity index (χ0) is 11.9. The number of carbonyl (C=O) groups is 2. The number of aryl methyl sites for hydroxylation is 1. The second-order valence-electron chi connectivity index (χ2n) is 3.74. The summed E-state index contributed by atoms with van der Waals surface area (Å²) in [7, 11) is 3.41. The van der Waals surface area contributed by atoms with Crippen molar-refractivity contribution in [2.75, 3.05) is 20.3 Å². The summed E-state index contributed by atoms with van der Waals surface area (Å²) < 4.78 is 2.20. The van der Waals surface area contributed by atoms with Crippen molar-refractivity contribution in [1.82, 2.24) is 19.6 Å². The highest BCUT2D eigenvalue weighted by atomic mass is 79.9. The quantitative estimate of drug-likeness (QED) is 0.733. The fourth-order valence-electron chi connectivity index (χ4n) is 1.56. The maximum Gasteiger partial charge on any atom is 0.277 e. The van der Waals surface area contributed by atoms with Gasteiger partial charge in [-0.3, -0.25) is 14.3 Å². The van der Waals surface area contributed by atoms with Gasteiger partial charge in [-0.25, -0.2) is 0 Å². The molecule has 1 aliphatic heterocycles. The molecule has 0 unspecified atom stereocenters. The van der Waals surface area contributed by atoms with Crippen LogP contribution < -0.4 is 0 Å². The molecule has 0 radical (unpaired) electrons. The Morgan fingerprint density at radius 2 is 2.19 bits per heavy atom. The third-order valence-corrected chi connectivity index (χ3v) is 2.99. The van der Waals surface area contributed by atoms with Crippen LogP contribution in [0.5, 0.6) is 0 Å². The predicted octanol–water partition coefficient (Wildman–Crippen LogP) is 0.0543. The zero-order valence-electron chi connectivity index (χ0n) is 8.97. The van der Waals surface area contributed by atoms with Gasteiger partial charge in [0.25, 0.3) is 5.91 Å². The molecule has 1 aliphatic rings. The van der Waals surface area contributed by atoms with Crippen LogP contribution in [-0.4, -0.2) is 51.7 Å². The van der Waals surface area contributed by atoms with Crippen molar-refractivity contribution in [1.29, 1.82) is 0 Å². The van der Waals surface area contributed by atoms with E-state index >= 15 is 0 Å². The Labute approximate surface area is 101 Å². The molecule has 7 heteroatoms. The molecule has 1 aromatic rings. The molecule has 16 heavy (non-hydrogen) atoms. The smallest absolute Gasteiger partial charge is 0.277 e. The molecule has 0 aliphatic carbocycles. The fraction of sp³-hybridized carbons (Fsp3) is 0.444. The summed E-state index contributed by atoms with van der Waals surface area (Å²) in [6.07, 6.45) is 1.70. The van der Waals surface area contributed by atoms with Gasteiger partial charge < -0.3 is 9.80 Å². The number of aromatic nitrogens is 2. The molecular formula is C9H11BrN4O2. The van der Waals surface area contributed by atoms with Gasteiger partial charge in [0.2, 0.25) is 5.91 Å². The molecular weight excluding hydrogens is 276 g/mol. The van der Waals surface area contributed by atoms with Crippen molar-refractivity contribution >= 4 is 27.7 Å². The lowest BCUT2D eigenvalue weighted by molar-refractivity contribution is -0.125. The van der Waals surface area contributed by atoms with Crippen LogP contribution in [0.15, 0.2) is 10.7 Å². The van der Waals surface area contributed by atoms with Crippen LogP contribution in [0.1, 0.15) is 10.5 Å². The average molecular weight is 287 g/mol. The van der Waals surface area contributed by atoms with Crippen molar-refractivity contribution in [3.8, 4) is 0 Å². The third-order valence-electron chi connectivity index (χ3n) is 2.41. The SMILES string of the molecule is CN1CN(C(=O)c2nn(C)cc2Br)CC1=O. The largest absolute Gasteiger partial charge is 0.326 e. The van der Waals surface area contributed by atoms with Gasteiger partial charge >= 0.3 is 0 Å². The Balaban J connectivity index is 2.20. The minimum absolute atomic E-state index is 0.0552. The molecule has 0 aromatic carbocycles. The monoisotopic (exact) mass is 286 g/mol. The lowest BCUT2D eigenvalue weighted by Gasteiger charge is -2.13. The van der Waals surface area contributed by atoms with E-state index in [9.17, 15) is 9.59 Å². The molecule has 2 amide bonds. The first-order valence-electron chi connectivity index (χ1n) is 4.71. The van der Waals surface area contributed by atoms with E-state index in [0.29, 0.717) is 16.8 Å². The number of rotatable bonds is 1. The number of hydrogen-bond acceptors (Lipinski definition) is 3. The van der Waals surface area contributed by atoms with Gasteiger partial charge in [0, 0.05) is 20.3 Å². The second-order valence-corrected chi connectivity index (χ2v) is 4.59. The summed E-state index contributed by atoms with van der Waals surface area (Å²) in [6, 6.07) is 0. The minimum Gasteiger partial charge on any atom is -0.326 e. The second kappa shape index (κ2) is 3.89. The first-order chi connectivity index (χ1) is 7.49. The van der Waals surface area contributed by atoms with E-state index in [-0.39, 0.29) is 18.4 Å². The van der Waals surface area contributed by atoms with Crippen LogP contribution in [-0.2, 0) is 11.8 Å². The van der Waals surface area contributed by atoms with Crippen LogP contribution >= 0.6 is 15.9 Å². The summed E-state index contributed by atoms with van der Waals surface area (Å²) in [6.45, 7) is 0.443. The van der Waals surface area contributed by atoms with Crippen molar-refractivity contribution < 1.29 is 9.59 Å². The van der Waals surface area contributed by atoms with Crippen molar-refractivity contribution in [3.05, 3.63) is 16.4 Å². The maximum atomic E-state index is 12.0. The third kappa shape index (κ3) is 1.82. The Kier molecular flexibility index (Phi) is 2.71. The van der Waals surface area contributed by atoms with Crippen LogP contribution in [0.3, 0.4) is 0 Å². The van der Waals surface area contributed by atoms with E-state index in [1.165, 1.54) is 9.80 Å². The highest BCUT2D eigenvalue weighted by Gasteiger charge is 2.30. The van der Waals surface area contributed by atoms with E-state index in [4.69, 9.17) is 0 Å². The van der Waals surface area contributed by atoms with Crippen LogP contribution in [0, 0.1) is 0 Å². The molecule has 1 fully saturated rings. The zero-order valence-corrected chi connectivity index (χ0v) is 10.6. The van der Waals surface area contributed by atoms with Gasteiger partial charge in [-0.1, -0.05) is 0 Å². The summed E-state index contributed by atoms with van der Waals surface area (Å²) in [5.74, 6) is -0.287. The molecule has 6 nitrogen and oxygen atoms in total. The molecule has 0 atom stereocenters. The Morgan fingerprint density at radius 1 is 1.50 bits per heavy atom. The van der Waals surface area contributed by atoms with Crippen LogP contribution in [0.4, 0.5) is 0 Å². The van der Waals surface area contributed by atoms with E-state index in [2.05, 4.69) is 21.0 Å². The average Bonchev–Trinajstić information content (AvgIpc) is 2.70. The van der Waals surface area contributed by atoms with Gasteiger partial charge in [-0.15, -0.1) is 0 Å². The summed E-state index contributed by atoms with van der Waals surface area (Å²) in [5, 5.41) is 4.05. The summed E-state index contributed by atoms with van der Waals surface area (Å²) in [4.78, 5) is 26.3. The van der Waals surface area contributed by atoms with E-state index in [1.54, 1.807) is 25.0 Å². The van der Waals surface area contributed by atoms with E-state index in [1.807, 2.05) is 0 Å². The Bertz CT molecular complexity index is 456. The fourth-order valence-corrected chi connectivity index (χ4v) is 2.10. The van der Waals surface area contributed by atoms with Gasteiger partial charge in [-0.05, 0) is 15.9 Å². The van der Waals surface area contributed by atoms with Crippen LogP contribution in [0.25, 0.3) is 0 Å². The van der Waals surface area contributed by atoms with Gasteiger partial charge in [0.1, 0.15) is 6.54 Å². The lowest BCUT2D eigenvalue weighted by atomic mass is 10.4. The number of amides is 2. The van der Waals surface area contributed by atoms with Crippen molar-refractivity contribution in [2.45, 2.75) is 0 Å². The lowest BCUT2D eigenvalue weighted by Crippen LogP contribution is -2.30. The summed E-state index contributed by atoms with van der Waals surface area (Å²) >= 11 is 3.27. The molecule has 0 N–H and O–H groups in total. The van der Waals surface area contributed by atoms with Crippen LogP contribution in [0.2, 0.25) is 0 Å². The highest BCUT2D eigenvalue weighted by Crippen LogP contribution is 2.17. The Hall–Kier alpha value is -1.37. The van der Waals surface area contributed by atoms with Gasteiger partial charge in [-0.2, -0.15) is 5.10 Å². The molecule has 86 valence electrons. The highest BCUT2D eigenvalue weighted by molar-refractivity contribution is 9.10. The number of carbonyl (C=O) groups excluding carboxylic acids is 2. The molecule has 1 aromatic heterocycles. The topological polar surface area (TPSA) is 58.4 Å². The number of halogens is 1. The molecule has 0 bridgehead atoms. The van der Waals surface area contributed by atoms with Crippen molar-refractivity contribution in [3.63, 3.8) is 0 Å². The number of likely N-dealkylation sites (N-methyl/N-ethyl adjacent to an activating group) is 1. The first-order valence-corrected chi connectivity index (χ1v) is 5.50. The molecule has 2 rings (SSSR count). The van der Waals surface area contributed by atoms with Gasteiger partial charge in [0.05, 0.1) is 11.1 Å². The normalized spacial score (nSPS) is 16.1. The molecule has 1 saturated heterocycles. The number of nitrogens with zero attached hydrogens (tertiary/aromatic N) is 4. The molecule has 2 heterocycles. The first kappa shape index (κ1) is 11.1. The molecule has 0 saturated carbocycles. The number of hydrogen-bond donors (Lipinski definition) is 0. The Morgan fingerprint density at radius 3 is 2.62 bits per heavy atom. The standard InChI is InChI=1S/C9H11BrN4O2/c1-12-5-14(4-7(12)15)9(16)8-6(10)3-13(2)11-8/h3H,4-5H2,1-2H3. The van der Waals surface area contributed by atoms with Crippen molar-refractivity contribution in [2.24, 2.45) is 7.05 Å². The van der Waals surface area contributed by atoms with E-state index in [0.717, 1.165) is 0 Å². The maximum absolute atomic E-state index is 12.0. The minimum atomic E-state index is -0.231.